The van der Waals surface area contributed by atoms with Crippen LogP contribution in [-0.2, 0) is 0 Å². The minimum Gasteiger partial charge on any atom is -0.494 e. The molecule has 100 valence electrons. The van der Waals surface area contributed by atoms with E-state index in [0.717, 1.165) is 35.8 Å². The van der Waals surface area contributed by atoms with E-state index < -0.39 is 0 Å². The number of hydrogen-bond acceptors (Lipinski definition) is 2. The van der Waals surface area contributed by atoms with Crippen molar-refractivity contribution in [1.82, 2.24) is 5.32 Å². The maximum Gasteiger partial charge on any atom is 0.119 e. The second kappa shape index (κ2) is 7.15. The predicted molar refractivity (Wildman–Crippen MR) is 79.2 cm³/mol. The first-order chi connectivity index (χ1) is 8.75. The third-order valence-corrected chi connectivity index (χ3v) is 4.40. The molecule has 0 heterocycles. The Morgan fingerprint density at radius 2 is 2.11 bits per heavy atom. The van der Waals surface area contributed by atoms with Crippen molar-refractivity contribution < 1.29 is 4.74 Å². The Labute approximate surface area is 118 Å². The molecule has 0 aliphatic heterocycles. The van der Waals surface area contributed by atoms with Crippen molar-refractivity contribution in [2.45, 2.75) is 45.1 Å². The summed E-state index contributed by atoms with van der Waals surface area (Å²) >= 11 is 3.49. The maximum absolute atomic E-state index is 5.75. The summed E-state index contributed by atoms with van der Waals surface area (Å²) in [6, 6.07) is 6.90. The number of hydrogen-bond donors (Lipinski definition) is 1. The molecule has 1 N–H and O–H groups in total. The molecule has 1 aliphatic rings. The van der Waals surface area contributed by atoms with Crippen LogP contribution in [0.5, 0.6) is 5.75 Å². The Balaban J connectivity index is 1.61. The van der Waals surface area contributed by atoms with Crippen molar-refractivity contribution in [2.75, 3.05) is 13.2 Å². The Kier molecular flexibility index (Phi) is 5.51. The molecular weight excluding hydrogens is 290 g/mol. The number of aryl methyl sites for hydroxylation is 1. The van der Waals surface area contributed by atoms with Crippen LogP contribution in [0.25, 0.3) is 0 Å². The van der Waals surface area contributed by atoms with Gasteiger partial charge in [0.05, 0.1) is 6.61 Å². The van der Waals surface area contributed by atoms with Crippen LogP contribution in [0.4, 0.5) is 0 Å². The van der Waals surface area contributed by atoms with E-state index in [1.807, 2.05) is 12.1 Å². The quantitative estimate of drug-likeness (QED) is 0.800. The van der Waals surface area contributed by atoms with Crippen LogP contribution < -0.4 is 10.1 Å². The van der Waals surface area contributed by atoms with Gasteiger partial charge < -0.3 is 10.1 Å². The van der Waals surface area contributed by atoms with Crippen molar-refractivity contribution in [3.63, 3.8) is 0 Å². The van der Waals surface area contributed by atoms with E-state index in [2.05, 4.69) is 34.2 Å². The summed E-state index contributed by atoms with van der Waals surface area (Å²) in [5.74, 6) is 0.969. The van der Waals surface area contributed by atoms with Gasteiger partial charge in [-0.2, -0.15) is 0 Å². The van der Waals surface area contributed by atoms with Gasteiger partial charge in [-0.25, -0.2) is 0 Å². The van der Waals surface area contributed by atoms with Crippen molar-refractivity contribution in [1.29, 1.82) is 0 Å². The highest BCUT2D eigenvalue weighted by Crippen LogP contribution is 2.21. The number of rotatable bonds is 6. The third kappa shape index (κ3) is 4.29. The van der Waals surface area contributed by atoms with Gasteiger partial charge in [-0.3, -0.25) is 0 Å². The molecule has 0 amide bonds. The molecule has 1 saturated carbocycles. The van der Waals surface area contributed by atoms with Gasteiger partial charge in [0, 0.05) is 10.5 Å². The minimum absolute atomic E-state index is 0.764. The Morgan fingerprint density at radius 1 is 1.33 bits per heavy atom. The molecule has 0 radical (unpaired) electrons. The van der Waals surface area contributed by atoms with Gasteiger partial charge in [-0.05, 0) is 56.5 Å². The number of ether oxygens (including phenoxy) is 1. The van der Waals surface area contributed by atoms with E-state index in [-0.39, 0.29) is 0 Å². The number of halogens is 1. The van der Waals surface area contributed by atoms with Gasteiger partial charge in [-0.15, -0.1) is 0 Å². The molecule has 0 spiro atoms. The number of benzene rings is 1. The molecule has 3 heteroatoms. The normalized spacial score (nSPS) is 16.1. The zero-order chi connectivity index (χ0) is 12.8. The summed E-state index contributed by atoms with van der Waals surface area (Å²) in [5.41, 5.74) is 1.22. The zero-order valence-electron chi connectivity index (χ0n) is 11.0. The topological polar surface area (TPSA) is 21.3 Å². The van der Waals surface area contributed by atoms with Crippen LogP contribution in [0.2, 0.25) is 0 Å². The van der Waals surface area contributed by atoms with E-state index >= 15 is 0 Å². The van der Waals surface area contributed by atoms with Crippen molar-refractivity contribution in [3.8, 4) is 5.75 Å². The van der Waals surface area contributed by atoms with Crippen LogP contribution >= 0.6 is 15.9 Å². The fourth-order valence-corrected chi connectivity index (χ4v) is 2.65. The SMILES string of the molecule is Cc1cc(OCCCNC2CCCC2)ccc1Br. The first-order valence-electron chi connectivity index (χ1n) is 6.88. The zero-order valence-corrected chi connectivity index (χ0v) is 12.6. The largest absolute Gasteiger partial charge is 0.494 e. The lowest BCUT2D eigenvalue weighted by atomic mass is 10.2. The molecule has 1 aliphatic carbocycles. The molecule has 0 bridgehead atoms. The van der Waals surface area contributed by atoms with E-state index in [1.165, 1.54) is 31.2 Å². The van der Waals surface area contributed by atoms with Crippen LogP contribution in [0.1, 0.15) is 37.7 Å². The predicted octanol–water partition coefficient (Wildman–Crippen LogP) is 4.06. The lowest BCUT2D eigenvalue weighted by Gasteiger charge is -2.12. The van der Waals surface area contributed by atoms with E-state index in [9.17, 15) is 0 Å². The summed E-state index contributed by atoms with van der Waals surface area (Å²) in [7, 11) is 0. The van der Waals surface area contributed by atoms with Crippen molar-refractivity contribution in [3.05, 3.63) is 28.2 Å². The van der Waals surface area contributed by atoms with Crippen LogP contribution in [0.15, 0.2) is 22.7 Å². The van der Waals surface area contributed by atoms with E-state index in [4.69, 9.17) is 4.74 Å². The Bertz CT molecular complexity index is 375. The molecule has 0 atom stereocenters. The van der Waals surface area contributed by atoms with Crippen LogP contribution in [0.3, 0.4) is 0 Å². The molecule has 1 aromatic rings. The molecule has 2 nitrogen and oxygen atoms in total. The molecule has 1 aromatic carbocycles. The highest BCUT2D eigenvalue weighted by Gasteiger charge is 2.13. The molecular formula is C15H22BrNO. The summed E-state index contributed by atoms with van der Waals surface area (Å²) in [6.07, 6.45) is 6.57. The van der Waals surface area contributed by atoms with Gasteiger partial charge in [0.15, 0.2) is 0 Å². The maximum atomic E-state index is 5.75. The van der Waals surface area contributed by atoms with Gasteiger partial charge >= 0.3 is 0 Å². The van der Waals surface area contributed by atoms with E-state index in [1.54, 1.807) is 0 Å². The summed E-state index contributed by atoms with van der Waals surface area (Å²) < 4.78 is 6.88. The molecule has 0 saturated heterocycles. The lowest BCUT2D eigenvalue weighted by molar-refractivity contribution is 0.304. The average Bonchev–Trinajstić information content (AvgIpc) is 2.86. The van der Waals surface area contributed by atoms with Gasteiger partial charge in [0.25, 0.3) is 0 Å². The van der Waals surface area contributed by atoms with Crippen LogP contribution in [-0.4, -0.2) is 19.2 Å². The molecule has 1 fully saturated rings. The smallest absolute Gasteiger partial charge is 0.119 e. The molecule has 2 rings (SSSR count). The molecule has 0 unspecified atom stereocenters. The molecule has 0 aromatic heterocycles. The van der Waals surface area contributed by atoms with Gasteiger partial charge in [0.2, 0.25) is 0 Å². The average molecular weight is 312 g/mol. The highest BCUT2D eigenvalue weighted by molar-refractivity contribution is 9.10. The summed E-state index contributed by atoms with van der Waals surface area (Å²) in [5, 5.41) is 3.60. The van der Waals surface area contributed by atoms with Crippen molar-refractivity contribution in [2.24, 2.45) is 0 Å². The standard InChI is InChI=1S/C15H22BrNO/c1-12-11-14(7-8-15(12)16)18-10-4-9-17-13-5-2-3-6-13/h7-8,11,13,17H,2-6,9-10H2,1H3. The van der Waals surface area contributed by atoms with Gasteiger partial charge in [-0.1, -0.05) is 28.8 Å². The first-order valence-corrected chi connectivity index (χ1v) is 7.67. The van der Waals surface area contributed by atoms with Crippen molar-refractivity contribution >= 4 is 15.9 Å². The number of nitrogens with one attached hydrogen (secondary N) is 1. The lowest BCUT2D eigenvalue weighted by Crippen LogP contribution is -2.27. The van der Waals surface area contributed by atoms with Gasteiger partial charge in [0.1, 0.15) is 5.75 Å². The molecule has 18 heavy (non-hydrogen) atoms. The van der Waals surface area contributed by atoms with Crippen LogP contribution in [0, 0.1) is 6.92 Å². The monoisotopic (exact) mass is 311 g/mol. The third-order valence-electron chi connectivity index (χ3n) is 3.51. The fraction of sp³-hybridized carbons (Fsp3) is 0.600. The Morgan fingerprint density at radius 3 is 2.83 bits per heavy atom. The summed E-state index contributed by atoms with van der Waals surface area (Å²) in [6.45, 7) is 3.94. The second-order valence-electron chi connectivity index (χ2n) is 5.05. The second-order valence-corrected chi connectivity index (χ2v) is 5.90. The first kappa shape index (κ1) is 13.9. The minimum atomic E-state index is 0.764. The summed E-state index contributed by atoms with van der Waals surface area (Å²) in [4.78, 5) is 0. The highest BCUT2D eigenvalue weighted by atomic mass is 79.9. The van der Waals surface area contributed by atoms with E-state index in [0.29, 0.717) is 0 Å². The Hall–Kier alpha value is -0.540. The fourth-order valence-electron chi connectivity index (χ4n) is 2.41.